The number of aryl methyl sites for hydroxylation is 1. The molecule has 0 saturated heterocycles. The summed E-state index contributed by atoms with van der Waals surface area (Å²) in [5.41, 5.74) is 2.57. The van der Waals surface area contributed by atoms with Gasteiger partial charge in [0.25, 0.3) is 0 Å². The minimum Gasteiger partial charge on any atom is -0.356 e. The van der Waals surface area contributed by atoms with Crippen LogP contribution >= 0.6 is 0 Å². The van der Waals surface area contributed by atoms with Crippen LogP contribution in [0.1, 0.15) is 37.4 Å². The third-order valence-corrected chi connectivity index (χ3v) is 5.46. The van der Waals surface area contributed by atoms with Gasteiger partial charge in [-0.2, -0.15) is 5.10 Å². The quantitative estimate of drug-likeness (QED) is 0.829. The topological polar surface area (TPSA) is 55.1 Å². The molecule has 0 spiro atoms. The third-order valence-electron chi connectivity index (χ3n) is 5.46. The van der Waals surface area contributed by atoms with Crippen molar-refractivity contribution in [3.05, 3.63) is 42.0 Å². The van der Waals surface area contributed by atoms with Gasteiger partial charge in [-0.25, -0.2) is 0 Å². The van der Waals surface area contributed by atoms with E-state index in [0.717, 1.165) is 45.2 Å². The van der Waals surface area contributed by atoms with Crippen LogP contribution in [0.2, 0.25) is 0 Å². The van der Waals surface area contributed by atoms with Crippen LogP contribution in [0.4, 0.5) is 0 Å². The number of hydrogen-bond donors (Lipinski definition) is 1. The monoisotopic (exact) mass is 355 g/mol. The third kappa shape index (κ3) is 4.36. The van der Waals surface area contributed by atoms with Crippen molar-refractivity contribution in [3.63, 3.8) is 0 Å². The summed E-state index contributed by atoms with van der Waals surface area (Å²) in [6.45, 7) is 7.52. The predicted molar refractivity (Wildman–Crippen MR) is 100 cm³/mol. The van der Waals surface area contributed by atoms with Gasteiger partial charge in [0.15, 0.2) is 0 Å². The molecule has 1 aliphatic heterocycles. The molecule has 1 aliphatic carbocycles. The highest BCUT2D eigenvalue weighted by Crippen LogP contribution is 2.27. The van der Waals surface area contributed by atoms with E-state index in [2.05, 4.69) is 51.3 Å². The molecule has 0 aromatic carbocycles. The molecule has 2 aromatic rings. The molecular formula is C20H29N5O. The van der Waals surface area contributed by atoms with E-state index in [-0.39, 0.29) is 5.91 Å². The fourth-order valence-corrected chi connectivity index (χ4v) is 3.85. The Morgan fingerprint density at radius 2 is 2.19 bits per heavy atom. The van der Waals surface area contributed by atoms with Gasteiger partial charge in [0, 0.05) is 69.3 Å². The standard InChI is InChI=1S/C20H29N5O/c1-2-25-14-18(10-22-25)12-23-11-17(8-20(26)21-9-16-5-6-16)13-24-7-3-4-19(24)15-23/h3-4,7,10,14,16-17H,2,5-6,8-9,11-13,15H2,1H3,(H,21,26). The summed E-state index contributed by atoms with van der Waals surface area (Å²) in [4.78, 5) is 14.8. The SMILES string of the molecule is CCn1cc(CN2Cc3cccn3CC(CC(=O)NCC3CC3)C2)cn1. The van der Waals surface area contributed by atoms with E-state index >= 15 is 0 Å². The van der Waals surface area contributed by atoms with Crippen molar-refractivity contribution < 1.29 is 4.79 Å². The zero-order chi connectivity index (χ0) is 17.9. The highest BCUT2D eigenvalue weighted by Gasteiger charge is 2.25. The van der Waals surface area contributed by atoms with Gasteiger partial charge in [0.1, 0.15) is 0 Å². The smallest absolute Gasteiger partial charge is 0.220 e. The Morgan fingerprint density at radius 3 is 2.96 bits per heavy atom. The van der Waals surface area contributed by atoms with E-state index in [0.29, 0.717) is 12.3 Å². The van der Waals surface area contributed by atoms with Crippen molar-refractivity contribution in [1.29, 1.82) is 0 Å². The average Bonchev–Trinajstić information content (AvgIpc) is 3.24. The van der Waals surface area contributed by atoms with E-state index in [1.54, 1.807) is 0 Å². The fraction of sp³-hybridized carbons (Fsp3) is 0.600. The van der Waals surface area contributed by atoms with Gasteiger partial charge in [0.05, 0.1) is 6.20 Å². The molecule has 1 amide bonds. The Labute approximate surface area is 155 Å². The first-order valence-corrected chi connectivity index (χ1v) is 9.84. The molecule has 1 N–H and O–H groups in total. The number of carbonyl (C=O) groups excluding carboxylic acids is 1. The van der Waals surface area contributed by atoms with Crippen molar-refractivity contribution >= 4 is 5.91 Å². The van der Waals surface area contributed by atoms with Gasteiger partial charge in [-0.3, -0.25) is 14.4 Å². The second kappa shape index (κ2) is 7.66. The molecule has 140 valence electrons. The highest BCUT2D eigenvalue weighted by molar-refractivity contribution is 5.76. The number of amides is 1. The lowest BCUT2D eigenvalue weighted by molar-refractivity contribution is -0.122. The largest absolute Gasteiger partial charge is 0.356 e. The Balaban J connectivity index is 1.41. The summed E-state index contributed by atoms with van der Waals surface area (Å²) in [6.07, 6.45) is 9.38. The molecule has 6 nitrogen and oxygen atoms in total. The van der Waals surface area contributed by atoms with Crippen molar-refractivity contribution in [2.75, 3.05) is 13.1 Å². The molecule has 1 unspecified atom stereocenters. The lowest BCUT2D eigenvalue weighted by Crippen LogP contribution is -2.33. The second-order valence-corrected chi connectivity index (χ2v) is 7.84. The Bertz CT molecular complexity index is 745. The van der Waals surface area contributed by atoms with E-state index < -0.39 is 0 Å². The van der Waals surface area contributed by atoms with Crippen LogP contribution < -0.4 is 5.32 Å². The van der Waals surface area contributed by atoms with E-state index in [1.165, 1.54) is 24.1 Å². The number of aromatic nitrogens is 3. The lowest BCUT2D eigenvalue weighted by Gasteiger charge is -2.23. The normalized spacial score (nSPS) is 20.6. The average molecular weight is 355 g/mol. The van der Waals surface area contributed by atoms with Gasteiger partial charge in [0.2, 0.25) is 5.91 Å². The number of fused-ring (bicyclic) bond motifs is 1. The van der Waals surface area contributed by atoms with E-state index in [9.17, 15) is 4.79 Å². The Morgan fingerprint density at radius 1 is 1.31 bits per heavy atom. The number of nitrogens with one attached hydrogen (secondary N) is 1. The molecular weight excluding hydrogens is 326 g/mol. The van der Waals surface area contributed by atoms with Crippen molar-refractivity contribution in [2.24, 2.45) is 11.8 Å². The van der Waals surface area contributed by atoms with E-state index in [4.69, 9.17) is 0 Å². The van der Waals surface area contributed by atoms with Gasteiger partial charge in [-0.15, -0.1) is 0 Å². The zero-order valence-corrected chi connectivity index (χ0v) is 15.6. The summed E-state index contributed by atoms with van der Waals surface area (Å²) in [5.74, 6) is 1.27. The molecule has 1 saturated carbocycles. The molecule has 2 aliphatic rings. The van der Waals surface area contributed by atoms with Crippen LogP contribution in [0.5, 0.6) is 0 Å². The number of carbonyl (C=O) groups is 1. The maximum atomic E-state index is 12.4. The molecule has 2 aromatic heterocycles. The maximum absolute atomic E-state index is 12.4. The second-order valence-electron chi connectivity index (χ2n) is 7.84. The Hall–Kier alpha value is -2.08. The van der Waals surface area contributed by atoms with Crippen LogP contribution in [0.15, 0.2) is 30.7 Å². The van der Waals surface area contributed by atoms with Gasteiger partial charge in [-0.1, -0.05) is 0 Å². The van der Waals surface area contributed by atoms with Crippen LogP contribution in [-0.4, -0.2) is 38.2 Å². The van der Waals surface area contributed by atoms with Crippen LogP contribution in [0.25, 0.3) is 0 Å². The minimum absolute atomic E-state index is 0.205. The highest BCUT2D eigenvalue weighted by atomic mass is 16.1. The summed E-state index contributed by atoms with van der Waals surface area (Å²) in [5, 5.41) is 7.52. The zero-order valence-electron chi connectivity index (χ0n) is 15.6. The molecule has 4 rings (SSSR count). The minimum atomic E-state index is 0.205. The number of rotatable bonds is 7. The molecule has 1 fully saturated rings. The number of hydrogen-bond acceptors (Lipinski definition) is 3. The molecule has 0 radical (unpaired) electrons. The predicted octanol–water partition coefficient (Wildman–Crippen LogP) is 2.25. The first-order valence-electron chi connectivity index (χ1n) is 9.84. The van der Waals surface area contributed by atoms with Crippen molar-refractivity contribution in [3.8, 4) is 0 Å². The maximum Gasteiger partial charge on any atom is 0.220 e. The van der Waals surface area contributed by atoms with Crippen molar-refractivity contribution in [1.82, 2.24) is 24.6 Å². The van der Waals surface area contributed by atoms with Gasteiger partial charge in [-0.05, 0) is 43.7 Å². The van der Waals surface area contributed by atoms with Gasteiger partial charge >= 0.3 is 0 Å². The summed E-state index contributed by atoms with van der Waals surface area (Å²) >= 11 is 0. The summed E-state index contributed by atoms with van der Waals surface area (Å²) in [6, 6.07) is 4.30. The molecule has 0 bridgehead atoms. The van der Waals surface area contributed by atoms with Gasteiger partial charge < -0.3 is 9.88 Å². The summed E-state index contributed by atoms with van der Waals surface area (Å²) < 4.78 is 4.28. The van der Waals surface area contributed by atoms with Crippen molar-refractivity contribution in [2.45, 2.75) is 52.4 Å². The van der Waals surface area contributed by atoms with Crippen LogP contribution in [0, 0.1) is 11.8 Å². The van der Waals surface area contributed by atoms with Crippen LogP contribution in [-0.2, 0) is 31.0 Å². The molecule has 6 heteroatoms. The van der Waals surface area contributed by atoms with Crippen LogP contribution in [0.3, 0.4) is 0 Å². The lowest BCUT2D eigenvalue weighted by atomic mass is 10.0. The summed E-state index contributed by atoms with van der Waals surface area (Å²) in [7, 11) is 0. The first kappa shape index (κ1) is 17.3. The molecule has 1 atom stereocenters. The Kier molecular flexibility index (Phi) is 5.11. The van der Waals surface area contributed by atoms with E-state index in [1.807, 2.05) is 10.9 Å². The fourth-order valence-electron chi connectivity index (χ4n) is 3.85. The number of nitrogens with zero attached hydrogens (tertiary/aromatic N) is 4. The molecule has 3 heterocycles. The first-order chi connectivity index (χ1) is 12.7. The molecule has 26 heavy (non-hydrogen) atoms.